The molecule has 1 aliphatic heterocycles. The molecule has 1 aliphatic rings. The topological polar surface area (TPSA) is 32.3 Å². The Labute approximate surface area is 122 Å². The number of nitrogens with zero attached hydrogens (tertiary/aromatic N) is 1. The monoisotopic (exact) mass is 274 g/mol. The third kappa shape index (κ3) is 3.83. The third-order valence-corrected chi connectivity index (χ3v) is 4.10. The highest BCUT2D eigenvalue weighted by molar-refractivity contribution is 5.77. The van der Waals surface area contributed by atoms with Crippen molar-refractivity contribution in [2.75, 3.05) is 19.6 Å². The van der Waals surface area contributed by atoms with E-state index in [-0.39, 0.29) is 5.91 Å². The van der Waals surface area contributed by atoms with E-state index in [4.69, 9.17) is 0 Å². The fraction of sp³-hybridized carbons (Fsp3) is 0.588. The van der Waals surface area contributed by atoms with Crippen molar-refractivity contribution in [3.63, 3.8) is 0 Å². The van der Waals surface area contributed by atoms with Crippen LogP contribution in [0.3, 0.4) is 0 Å². The van der Waals surface area contributed by atoms with Crippen LogP contribution in [0.1, 0.15) is 44.2 Å². The lowest BCUT2D eigenvalue weighted by molar-refractivity contribution is -0.133. The molecule has 0 aliphatic carbocycles. The number of hydrogen-bond donors (Lipinski definition) is 1. The molecule has 1 atom stereocenters. The second kappa shape index (κ2) is 6.89. The van der Waals surface area contributed by atoms with E-state index in [0.29, 0.717) is 18.4 Å². The zero-order valence-corrected chi connectivity index (χ0v) is 12.9. The summed E-state index contributed by atoms with van der Waals surface area (Å²) in [5.74, 6) is 0.847. The molecule has 3 nitrogen and oxygen atoms in total. The minimum atomic E-state index is 0.284. The summed E-state index contributed by atoms with van der Waals surface area (Å²) in [5, 5.41) is 3.32. The number of hydrogen-bond acceptors (Lipinski definition) is 2. The summed E-state index contributed by atoms with van der Waals surface area (Å²) in [6.45, 7) is 9.18. The summed E-state index contributed by atoms with van der Waals surface area (Å²) in [4.78, 5) is 14.3. The second-order valence-electron chi connectivity index (χ2n) is 6.04. The van der Waals surface area contributed by atoms with Crippen LogP contribution in [0.4, 0.5) is 0 Å². The van der Waals surface area contributed by atoms with Crippen molar-refractivity contribution in [1.29, 1.82) is 0 Å². The Balaban J connectivity index is 1.86. The molecule has 1 aromatic carbocycles. The van der Waals surface area contributed by atoms with Gasteiger partial charge in [0, 0.05) is 32.1 Å². The minimum absolute atomic E-state index is 0.284. The Morgan fingerprint density at radius 2 is 2.05 bits per heavy atom. The first-order valence-corrected chi connectivity index (χ1v) is 7.67. The van der Waals surface area contributed by atoms with E-state index in [1.165, 1.54) is 11.1 Å². The molecule has 3 heteroatoms. The van der Waals surface area contributed by atoms with E-state index in [9.17, 15) is 4.79 Å². The van der Waals surface area contributed by atoms with Gasteiger partial charge in [-0.2, -0.15) is 0 Å². The van der Waals surface area contributed by atoms with E-state index in [0.717, 1.165) is 26.1 Å². The maximum absolute atomic E-state index is 12.3. The van der Waals surface area contributed by atoms with Gasteiger partial charge in [-0.05, 0) is 30.4 Å². The lowest BCUT2D eigenvalue weighted by atomic mass is 10.00. The van der Waals surface area contributed by atoms with Crippen molar-refractivity contribution in [2.24, 2.45) is 0 Å². The number of rotatable bonds is 4. The summed E-state index contributed by atoms with van der Waals surface area (Å²) < 4.78 is 0. The van der Waals surface area contributed by atoms with E-state index >= 15 is 0 Å². The van der Waals surface area contributed by atoms with Gasteiger partial charge in [0.05, 0.1) is 0 Å². The quantitative estimate of drug-likeness (QED) is 0.915. The van der Waals surface area contributed by atoms with E-state index < -0.39 is 0 Å². The highest BCUT2D eigenvalue weighted by Crippen LogP contribution is 2.16. The van der Waals surface area contributed by atoms with Gasteiger partial charge in [0.15, 0.2) is 0 Å². The number of carbonyl (C=O) groups excluding carboxylic acids is 1. The predicted molar refractivity (Wildman–Crippen MR) is 82.9 cm³/mol. The second-order valence-corrected chi connectivity index (χ2v) is 6.04. The van der Waals surface area contributed by atoms with E-state index in [1.807, 2.05) is 4.90 Å². The molecule has 0 radical (unpaired) electrons. The minimum Gasteiger partial charge on any atom is -0.337 e. The van der Waals surface area contributed by atoms with Gasteiger partial charge in [0.1, 0.15) is 0 Å². The van der Waals surface area contributed by atoms with Crippen LogP contribution in [0.15, 0.2) is 24.3 Å². The van der Waals surface area contributed by atoms with Crippen LogP contribution in [-0.4, -0.2) is 36.5 Å². The molecule has 1 aromatic rings. The van der Waals surface area contributed by atoms with Crippen LogP contribution < -0.4 is 5.32 Å². The van der Waals surface area contributed by atoms with Gasteiger partial charge in [0.25, 0.3) is 0 Å². The molecule has 20 heavy (non-hydrogen) atoms. The van der Waals surface area contributed by atoms with Crippen molar-refractivity contribution in [2.45, 2.75) is 45.6 Å². The summed E-state index contributed by atoms with van der Waals surface area (Å²) >= 11 is 0. The molecule has 1 heterocycles. The largest absolute Gasteiger partial charge is 0.337 e. The Bertz CT molecular complexity index is 439. The predicted octanol–water partition coefficient (Wildman–Crippen LogP) is 2.56. The van der Waals surface area contributed by atoms with Crippen molar-refractivity contribution in [1.82, 2.24) is 10.2 Å². The highest BCUT2D eigenvalue weighted by Gasteiger charge is 2.22. The Kier molecular flexibility index (Phi) is 5.18. The van der Waals surface area contributed by atoms with Crippen LogP contribution in [0.25, 0.3) is 0 Å². The Hall–Kier alpha value is -1.35. The molecule has 0 aromatic heterocycles. The van der Waals surface area contributed by atoms with Crippen molar-refractivity contribution >= 4 is 5.91 Å². The SMILES string of the molecule is CC(C)c1ccc(CCC(=O)N2CCNCC2C)cc1. The average Bonchev–Trinajstić information content (AvgIpc) is 2.45. The molecule has 1 amide bonds. The normalized spacial score (nSPS) is 19.4. The first-order valence-electron chi connectivity index (χ1n) is 7.67. The maximum Gasteiger partial charge on any atom is 0.223 e. The molecular weight excluding hydrogens is 248 g/mol. The smallest absolute Gasteiger partial charge is 0.223 e. The fourth-order valence-corrected chi connectivity index (χ4v) is 2.68. The van der Waals surface area contributed by atoms with Gasteiger partial charge in [-0.25, -0.2) is 0 Å². The van der Waals surface area contributed by atoms with Crippen molar-refractivity contribution in [3.8, 4) is 0 Å². The van der Waals surface area contributed by atoms with Gasteiger partial charge >= 0.3 is 0 Å². The van der Waals surface area contributed by atoms with Crippen LogP contribution in [0, 0.1) is 0 Å². The summed E-state index contributed by atoms with van der Waals surface area (Å²) in [6, 6.07) is 8.99. The Morgan fingerprint density at radius 3 is 2.65 bits per heavy atom. The number of amides is 1. The van der Waals surface area contributed by atoms with Crippen LogP contribution in [0.2, 0.25) is 0 Å². The maximum atomic E-state index is 12.3. The summed E-state index contributed by atoms with van der Waals surface area (Å²) in [6.07, 6.45) is 1.46. The zero-order valence-electron chi connectivity index (χ0n) is 12.9. The third-order valence-electron chi connectivity index (χ3n) is 4.10. The molecule has 1 fully saturated rings. The molecule has 1 unspecified atom stereocenters. The molecule has 0 spiro atoms. The summed E-state index contributed by atoms with van der Waals surface area (Å²) in [5.41, 5.74) is 2.61. The van der Waals surface area contributed by atoms with Crippen molar-refractivity contribution in [3.05, 3.63) is 35.4 Å². The van der Waals surface area contributed by atoms with Crippen LogP contribution >= 0.6 is 0 Å². The Morgan fingerprint density at radius 1 is 1.35 bits per heavy atom. The number of benzene rings is 1. The molecule has 0 saturated carbocycles. The molecule has 1 saturated heterocycles. The molecule has 0 bridgehead atoms. The van der Waals surface area contributed by atoms with Crippen LogP contribution in [0.5, 0.6) is 0 Å². The van der Waals surface area contributed by atoms with Gasteiger partial charge < -0.3 is 10.2 Å². The molecular formula is C17H26N2O. The van der Waals surface area contributed by atoms with Gasteiger partial charge in [0.2, 0.25) is 5.91 Å². The number of nitrogens with one attached hydrogen (secondary N) is 1. The van der Waals surface area contributed by atoms with Gasteiger partial charge in [-0.1, -0.05) is 38.1 Å². The lowest BCUT2D eigenvalue weighted by Crippen LogP contribution is -2.52. The molecule has 2 rings (SSSR count). The van der Waals surface area contributed by atoms with E-state index in [1.54, 1.807) is 0 Å². The zero-order chi connectivity index (χ0) is 14.5. The first kappa shape index (κ1) is 15.0. The number of piperazine rings is 1. The highest BCUT2D eigenvalue weighted by atomic mass is 16.2. The fourth-order valence-electron chi connectivity index (χ4n) is 2.68. The van der Waals surface area contributed by atoms with Gasteiger partial charge in [-0.15, -0.1) is 0 Å². The van der Waals surface area contributed by atoms with Crippen molar-refractivity contribution < 1.29 is 4.79 Å². The lowest BCUT2D eigenvalue weighted by Gasteiger charge is -2.34. The molecule has 110 valence electrons. The van der Waals surface area contributed by atoms with Gasteiger partial charge in [-0.3, -0.25) is 4.79 Å². The van der Waals surface area contributed by atoms with E-state index in [2.05, 4.69) is 50.4 Å². The summed E-state index contributed by atoms with van der Waals surface area (Å²) in [7, 11) is 0. The first-order chi connectivity index (χ1) is 9.58. The standard InChI is InChI=1S/C17H26N2O/c1-13(2)16-7-4-15(5-8-16)6-9-17(20)19-11-10-18-12-14(19)3/h4-5,7-8,13-14,18H,6,9-12H2,1-3H3. The van der Waals surface area contributed by atoms with Crippen LogP contribution in [-0.2, 0) is 11.2 Å². The average molecular weight is 274 g/mol. The number of carbonyl (C=O) groups is 1. The molecule has 1 N–H and O–H groups in total. The number of aryl methyl sites for hydroxylation is 1.